The monoisotopic (exact) mass is 344 g/mol. The molecule has 23 heavy (non-hydrogen) atoms. The molecular formula is C14H11F3N2O3S. The standard InChI is InChI=1S/C14H11F3N2O3S/c15-14(16,17)9-3-1-8(2-4-9)12-18-11-5-6-23(21,22)7-10(11)13(20)19-12/h1-4H,5-7H2,(H,18,19,20). The molecule has 1 aromatic heterocycles. The van der Waals surface area contributed by atoms with Crippen molar-refractivity contribution in [1.29, 1.82) is 0 Å². The third-order valence-corrected chi connectivity index (χ3v) is 5.16. The lowest BCUT2D eigenvalue weighted by molar-refractivity contribution is -0.137. The molecule has 1 aliphatic heterocycles. The lowest BCUT2D eigenvalue weighted by Gasteiger charge is -2.15. The molecule has 2 heterocycles. The van der Waals surface area contributed by atoms with Crippen LogP contribution in [0.25, 0.3) is 11.4 Å². The van der Waals surface area contributed by atoms with Gasteiger partial charge in [0.15, 0.2) is 9.84 Å². The fourth-order valence-electron chi connectivity index (χ4n) is 2.40. The number of rotatable bonds is 1. The predicted molar refractivity (Wildman–Crippen MR) is 76.5 cm³/mol. The van der Waals surface area contributed by atoms with E-state index >= 15 is 0 Å². The molecule has 0 saturated heterocycles. The molecule has 122 valence electrons. The van der Waals surface area contributed by atoms with E-state index in [9.17, 15) is 26.4 Å². The van der Waals surface area contributed by atoms with Crippen LogP contribution in [0.3, 0.4) is 0 Å². The minimum absolute atomic E-state index is 0.0943. The Kier molecular flexibility index (Phi) is 3.55. The Hall–Kier alpha value is -2.16. The zero-order valence-corrected chi connectivity index (χ0v) is 12.5. The van der Waals surface area contributed by atoms with Crippen LogP contribution in [0.2, 0.25) is 0 Å². The van der Waals surface area contributed by atoms with Crippen LogP contribution in [0.1, 0.15) is 16.8 Å². The SMILES string of the molecule is O=c1[nH]c(-c2ccc(C(F)(F)F)cc2)nc2c1CS(=O)(=O)CC2. The third kappa shape index (κ3) is 3.14. The second-order valence-corrected chi connectivity index (χ2v) is 7.44. The van der Waals surface area contributed by atoms with Crippen molar-refractivity contribution < 1.29 is 21.6 Å². The molecule has 0 spiro atoms. The third-order valence-electron chi connectivity index (χ3n) is 3.60. The highest BCUT2D eigenvalue weighted by atomic mass is 32.2. The summed E-state index contributed by atoms with van der Waals surface area (Å²) in [7, 11) is -3.30. The maximum atomic E-state index is 12.6. The lowest BCUT2D eigenvalue weighted by Crippen LogP contribution is -2.28. The Labute approximate surface area is 129 Å². The first-order chi connectivity index (χ1) is 10.7. The average Bonchev–Trinajstić information content (AvgIpc) is 2.46. The summed E-state index contributed by atoms with van der Waals surface area (Å²) in [5, 5.41) is 0. The van der Waals surface area contributed by atoms with Gasteiger partial charge in [-0.25, -0.2) is 13.4 Å². The number of hydrogen-bond acceptors (Lipinski definition) is 4. The van der Waals surface area contributed by atoms with Crippen molar-refractivity contribution in [2.75, 3.05) is 5.75 Å². The Morgan fingerprint density at radius 2 is 1.78 bits per heavy atom. The van der Waals surface area contributed by atoms with Crippen molar-refractivity contribution in [3.05, 3.63) is 51.4 Å². The van der Waals surface area contributed by atoms with E-state index in [-0.39, 0.29) is 29.3 Å². The quantitative estimate of drug-likeness (QED) is 0.857. The van der Waals surface area contributed by atoms with Gasteiger partial charge in [0.2, 0.25) is 0 Å². The van der Waals surface area contributed by atoms with E-state index in [4.69, 9.17) is 0 Å². The van der Waals surface area contributed by atoms with Gasteiger partial charge in [0.1, 0.15) is 5.82 Å². The van der Waals surface area contributed by atoms with Gasteiger partial charge in [-0.1, -0.05) is 12.1 Å². The Balaban J connectivity index is 2.02. The highest BCUT2D eigenvalue weighted by molar-refractivity contribution is 7.90. The van der Waals surface area contributed by atoms with Crippen LogP contribution in [0, 0.1) is 0 Å². The summed E-state index contributed by atoms with van der Waals surface area (Å²) in [6.07, 6.45) is -4.32. The molecule has 0 fully saturated rings. The number of nitrogens with one attached hydrogen (secondary N) is 1. The molecule has 1 aliphatic rings. The number of alkyl halides is 3. The molecule has 0 unspecified atom stereocenters. The summed E-state index contributed by atoms with van der Waals surface area (Å²) >= 11 is 0. The molecular weight excluding hydrogens is 333 g/mol. The Bertz CT molecular complexity index is 916. The predicted octanol–water partition coefficient (Wildman–Crippen LogP) is 1.93. The molecule has 0 amide bonds. The largest absolute Gasteiger partial charge is 0.416 e. The highest BCUT2D eigenvalue weighted by Crippen LogP contribution is 2.30. The van der Waals surface area contributed by atoms with E-state index in [0.29, 0.717) is 11.3 Å². The lowest BCUT2D eigenvalue weighted by atomic mass is 10.1. The molecule has 0 atom stereocenters. The normalized spacial score (nSPS) is 16.8. The van der Waals surface area contributed by atoms with Gasteiger partial charge in [-0.2, -0.15) is 13.2 Å². The van der Waals surface area contributed by atoms with E-state index in [0.717, 1.165) is 12.1 Å². The number of sulfone groups is 1. The smallest absolute Gasteiger partial charge is 0.306 e. The molecule has 5 nitrogen and oxygen atoms in total. The average molecular weight is 344 g/mol. The second-order valence-electron chi connectivity index (χ2n) is 5.26. The number of aromatic amines is 1. The van der Waals surface area contributed by atoms with E-state index in [1.807, 2.05) is 0 Å². The summed E-state index contributed by atoms with van der Waals surface area (Å²) in [5.74, 6) is -0.331. The number of benzene rings is 1. The van der Waals surface area contributed by atoms with E-state index in [2.05, 4.69) is 9.97 Å². The minimum Gasteiger partial charge on any atom is -0.306 e. The Morgan fingerprint density at radius 3 is 2.39 bits per heavy atom. The zero-order valence-electron chi connectivity index (χ0n) is 11.6. The van der Waals surface area contributed by atoms with Crippen LogP contribution in [0.4, 0.5) is 13.2 Å². The number of fused-ring (bicyclic) bond motifs is 1. The summed E-state index contributed by atoms with van der Waals surface area (Å²) in [4.78, 5) is 18.7. The summed E-state index contributed by atoms with van der Waals surface area (Å²) in [6.45, 7) is 0. The van der Waals surface area contributed by atoms with Crippen molar-refractivity contribution in [2.45, 2.75) is 18.3 Å². The fraction of sp³-hybridized carbons (Fsp3) is 0.286. The second kappa shape index (κ2) is 5.19. The van der Waals surface area contributed by atoms with Crippen molar-refractivity contribution in [1.82, 2.24) is 9.97 Å². The number of aromatic nitrogens is 2. The molecule has 0 aliphatic carbocycles. The highest BCUT2D eigenvalue weighted by Gasteiger charge is 2.30. The Morgan fingerprint density at radius 1 is 1.13 bits per heavy atom. The number of halogens is 3. The van der Waals surface area contributed by atoms with Crippen molar-refractivity contribution >= 4 is 9.84 Å². The van der Waals surface area contributed by atoms with Gasteiger partial charge >= 0.3 is 6.18 Å². The van der Waals surface area contributed by atoms with Gasteiger partial charge < -0.3 is 4.98 Å². The van der Waals surface area contributed by atoms with Gasteiger partial charge in [-0.15, -0.1) is 0 Å². The molecule has 0 bridgehead atoms. The van der Waals surface area contributed by atoms with Gasteiger partial charge in [0.25, 0.3) is 5.56 Å². The van der Waals surface area contributed by atoms with Crippen LogP contribution in [0.15, 0.2) is 29.1 Å². The van der Waals surface area contributed by atoms with E-state index in [1.54, 1.807) is 0 Å². The summed E-state index contributed by atoms with van der Waals surface area (Å²) in [6, 6.07) is 4.23. The van der Waals surface area contributed by atoms with Gasteiger partial charge in [-0.3, -0.25) is 4.79 Å². The molecule has 1 N–H and O–H groups in total. The number of aryl methyl sites for hydroxylation is 1. The summed E-state index contributed by atoms with van der Waals surface area (Å²) < 4.78 is 60.8. The maximum absolute atomic E-state index is 12.6. The van der Waals surface area contributed by atoms with E-state index < -0.39 is 27.1 Å². The molecule has 1 aromatic carbocycles. The van der Waals surface area contributed by atoms with Crippen LogP contribution >= 0.6 is 0 Å². The first-order valence-corrected chi connectivity index (χ1v) is 8.48. The zero-order chi connectivity index (χ0) is 16.8. The van der Waals surface area contributed by atoms with Crippen LogP contribution in [0.5, 0.6) is 0 Å². The van der Waals surface area contributed by atoms with Gasteiger partial charge in [0.05, 0.1) is 28.3 Å². The molecule has 9 heteroatoms. The van der Waals surface area contributed by atoms with Crippen molar-refractivity contribution in [2.24, 2.45) is 0 Å². The van der Waals surface area contributed by atoms with Crippen molar-refractivity contribution in [3.63, 3.8) is 0 Å². The maximum Gasteiger partial charge on any atom is 0.416 e. The first-order valence-electron chi connectivity index (χ1n) is 6.66. The van der Waals surface area contributed by atoms with E-state index in [1.165, 1.54) is 12.1 Å². The molecule has 0 saturated carbocycles. The fourth-order valence-corrected chi connectivity index (χ4v) is 3.78. The van der Waals surface area contributed by atoms with Crippen LogP contribution in [-0.2, 0) is 28.2 Å². The molecule has 0 radical (unpaired) electrons. The minimum atomic E-state index is -4.44. The number of nitrogens with zero attached hydrogens (tertiary/aromatic N) is 1. The molecule has 3 rings (SSSR count). The van der Waals surface area contributed by atoms with Gasteiger partial charge in [-0.05, 0) is 12.1 Å². The first kappa shape index (κ1) is 15.7. The number of H-pyrrole nitrogens is 1. The molecule has 2 aromatic rings. The van der Waals surface area contributed by atoms with Crippen LogP contribution < -0.4 is 5.56 Å². The summed E-state index contributed by atoms with van der Waals surface area (Å²) in [5.41, 5.74) is -0.572. The van der Waals surface area contributed by atoms with Crippen molar-refractivity contribution in [3.8, 4) is 11.4 Å². The number of hydrogen-bond donors (Lipinski definition) is 1. The van der Waals surface area contributed by atoms with Crippen LogP contribution in [-0.4, -0.2) is 24.1 Å². The topological polar surface area (TPSA) is 79.9 Å². The van der Waals surface area contributed by atoms with Gasteiger partial charge in [0, 0.05) is 12.0 Å².